The number of nitrogens with zero attached hydrogens (tertiary/aromatic N) is 1. The zero-order chi connectivity index (χ0) is 14.7. The summed E-state index contributed by atoms with van der Waals surface area (Å²) in [6.07, 6.45) is 0. The summed E-state index contributed by atoms with van der Waals surface area (Å²) >= 11 is 0. The number of aromatic nitrogens is 1. The molecule has 1 N–H and O–H groups in total. The van der Waals surface area contributed by atoms with E-state index in [2.05, 4.69) is 10.3 Å². The first kappa shape index (κ1) is 13.7. The summed E-state index contributed by atoms with van der Waals surface area (Å²) in [6.45, 7) is 3.36. The van der Waals surface area contributed by atoms with Crippen LogP contribution < -0.4 is 19.5 Å². The highest BCUT2D eigenvalue weighted by atomic mass is 16.7. The molecule has 1 aliphatic rings. The fraction of sp³-hybridized carbons (Fsp3) is 0.312. The molecule has 0 bridgehead atoms. The van der Waals surface area contributed by atoms with Crippen molar-refractivity contribution >= 4 is 0 Å². The van der Waals surface area contributed by atoms with Crippen molar-refractivity contribution in [1.82, 2.24) is 10.3 Å². The molecule has 1 aliphatic heterocycles. The van der Waals surface area contributed by atoms with Gasteiger partial charge in [0.05, 0.1) is 5.69 Å². The summed E-state index contributed by atoms with van der Waals surface area (Å²) in [5, 5.41) is 3.13. The second-order valence-corrected chi connectivity index (χ2v) is 4.90. The molecule has 1 aromatic heterocycles. The summed E-state index contributed by atoms with van der Waals surface area (Å²) in [5.41, 5.74) is 2.93. The first-order valence-corrected chi connectivity index (χ1v) is 6.88. The van der Waals surface area contributed by atoms with Crippen molar-refractivity contribution in [3.05, 3.63) is 47.3 Å². The Labute approximate surface area is 123 Å². The number of pyridine rings is 1. The normalized spacial score (nSPS) is 12.5. The van der Waals surface area contributed by atoms with E-state index < -0.39 is 0 Å². The molecule has 3 rings (SSSR count). The van der Waals surface area contributed by atoms with Crippen molar-refractivity contribution < 1.29 is 14.2 Å². The van der Waals surface area contributed by atoms with E-state index in [1.165, 1.54) is 0 Å². The van der Waals surface area contributed by atoms with E-state index in [0.717, 1.165) is 34.2 Å². The molecule has 0 saturated heterocycles. The molecular formula is C16H18N2O3. The van der Waals surface area contributed by atoms with E-state index in [1.807, 2.05) is 44.3 Å². The first-order chi connectivity index (χ1) is 10.3. The third kappa shape index (κ3) is 3.08. The minimum absolute atomic E-state index is 0.261. The van der Waals surface area contributed by atoms with Crippen LogP contribution in [0.5, 0.6) is 17.2 Å². The number of aryl methyl sites for hydroxylation is 1. The molecule has 0 spiro atoms. The number of hydrogen-bond acceptors (Lipinski definition) is 5. The van der Waals surface area contributed by atoms with Gasteiger partial charge in [0.25, 0.3) is 0 Å². The van der Waals surface area contributed by atoms with Crippen LogP contribution in [0.3, 0.4) is 0 Å². The molecule has 5 heteroatoms. The number of fused-ring (bicyclic) bond motifs is 1. The molecule has 0 amide bonds. The number of rotatable bonds is 5. The van der Waals surface area contributed by atoms with Crippen LogP contribution >= 0.6 is 0 Å². The third-order valence-corrected chi connectivity index (χ3v) is 3.24. The van der Waals surface area contributed by atoms with Crippen LogP contribution in [0.2, 0.25) is 0 Å². The summed E-state index contributed by atoms with van der Waals surface area (Å²) in [6, 6.07) is 9.74. The van der Waals surface area contributed by atoms with Crippen molar-refractivity contribution in [2.75, 3.05) is 13.8 Å². The monoisotopic (exact) mass is 286 g/mol. The van der Waals surface area contributed by atoms with Crippen LogP contribution in [0, 0.1) is 6.92 Å². The number of hydrogen-bond donors (Lipinski definition) is 1. The quantitative estimate of drug-likeness (QED) is 0.915. The minimum atomic E-state index is 0.261. The van der Waals surface area contributed by atoms with Gasteiger partial charge in [0, 0.05) is 23.9 Å². The van der Waals surface area contributed by atoms with Crippen LogP contribution in [0.4, 0.5) is 0 Å². The lowest BCUT2D eigenvalue weighted by Gasteiger charge is -2.12. The van der Waals surface area contributed by atoms with Gasteiger partial charge in [0.15, 0.2) is 11.5 Å². The minimum Gasteiger partial charge on any atom is -0.487 e. The Morgan fingerprint density at radius 2 is 2.05 bits per heavy atom. The molecule has 21 heavy (non-hydrogen) atoms. The van der Waals surface area contributed by atoms with E-state index in [4.69, 9.17) is 14.2 Å². The van der Waals surface area contributed by atoms with Gasteiger partial charge < -0.3 is 19.5 Å². The highest BCUT2D eigenvalue weighted by molar-refractivity contribution is 5.51. The molecule has 0 fully saturated rings. The lowest BCUT2D eigenvalue weighted by molar-refractivity contribution is 0.173. The van der Waals surface area contributed by atoms with Gasteiger partial charge in [-0.15, -0.1) is 0 Å². The van der Waals surface area contributed by atoms with Gasteiger partial charge in [0.2, 0.25) is 6.79 Å². The van der Waals surface area contributed by atoms with Gasteiger partial charge >= 0.3 is 0 Å². The number of ether oxygens (including phenoxy) is 3. The molecule has 0 atom stereocenters. The van der Waals surface area contributed by atoms with E-state index in [1.54, 1.807) is 0 Å². The van der Waals surface area contributed by atoms with Crippen molar-refractivity contribution in [2.45, 2.75) is 20.1 Å². The van der Waals surface area contributed by atoms with Crippen LogP contribution in [0.25, 0.3) is 0 Å². The Balaban J connectivity index is 1.80. The standard InChI is InChI=1S/C16H18N2O3/c1-11-4-3-5-13(18-11)9-19-14-7-16-15(20-10-21-16)6-12(14)8-17-2/h3-7,17H,8-10H2,1-2H3. The fourth-order valence-electron chi connectivity index (χ4n) is 2.26. The van der Waals surface area contributed by atoms with Gasteiger partial charge in [-0.2, -0.15) is 0 Å². The van der Waals surface area contributed by atoms with E-state index in [0.29, 0.717) is 13.2 Å². The Bertz CT molecular complexity index is 643. The predicted molar refractivity (Wildman–Crippen MR) is 78.6 cm³/mol. The Morgan fingerprint density at radius 3 is 2.81 bits per heavy atom. The number of nitrogens with one attached hydrogen (secondary N) is 1. The lowest BCUT2D eigenvalue weighted by Crippen LogP contribution is -2.08. The van der Waals surface area contributed by atoms with E-state index >= 15 is 0 Å². The molecule has 0 aliphatic carbocycles. The van der Waals surface area contributed by atoms with Crippen LogP contribution in [-0.2, 0) is 13.2 Å². The van der Waals surface area contributed by atoms with Crippen LogP contribution in [0.15, 0.2) is 30.3 Å². The average molecular weight is 286 g/mol. The van der Waals surface area contributed by atoms with Crippen molar-refractivity contribution in [2.24, 2.45) is 0 Å². The summed E-state index contributed by atoms with van der Waals surface area (Å²) in [4.78, 5) is 4.44. The largest absolute Gasteiger partial charge is 0.487 e. The second kappa shape index (κ2) is 6.01. The summed E-state index contributed by atoms with van der Waals surface area (Å²) < 4.78 is 16.7. The molecule has 2 aromatic rings. The molecule has 5 nitrogen and oxygen atoms in total. The topological polar surface area (TPSA) is 52.6 Å². The third-order valence-electron chi connectivity index (χ3n) is 3.24. The van der Waals surface area contributed by atoms with Gasteiger partial charge in [-0.3, -0.25) is 4.98 Å². The average Bonchev–Trinajstić information content (AvgIpc) is 2.92. The Kier molecular flexibility index (Phi) is 3.92. The molecular weight excluding hydrogens is 268 g/mol. The fourth-order valence-corrected chi connectivity index (χ4v) is 2.26. The van der Waals surface area contributed by atoms with Crippen molar-refractivity contribution in [3.63, 3.8) is 0 Å². The zero-order valence-electron chi connectivity index (χ0n) is 12.2. The maximum atomic E-state index is 5.92. The molecule has 1 aromatic carbocycles. The van der Waals surface area contributed by atoms with Gasteiger partial charge in [0.1, 0.15) is 12.4 Å². The Hall–Kier alpha value is -2.27. The first-order valence-electron chi connectivity index (χ1n) is 6.88. The molecule has 110 valence electrons. The maximum absolute atomic E-state index is 5.92. The van der Waals surface area contributed by atoms with Crippen molar-refractivity contribution in [1.29, 1.82) is 0 Å². The van der Waals surface area contributed by atoms with Gasteiger partial charge in [-0.05, 0) is 32.2 Å². The van der Waals surface area contributed by atoms with E-state index in [9.17, 15) is 0 Å². The zero-order valence-corrected chi connectivity index (χ0v) is 12.2. The van der Waals surface area contributed by atoms with Gasteiger partial charge in [-0.1, -0.05) is 6.07 Å². The highest BCUT2D eigenvalue weighted by Crippen LogP contribution is 2.38. The molecule has 0 saturated carbocycles. The summed E-state index contributed by atoms with van der Waals surface area (Å²) in [5.74, 6) is 2.28. The van der Waals surface area contributed by atoms with Crippen molar-refractivity contribution in [3.8, 4) is 17.2 Å². The second-order valence-electron chi connectivity index (χ2n) is 4.90. The molecule has 2 heterocycles. The highest BCUT2D eigenvalue weighted by Gasteiger charge is 2.18. The Morgan fingerprint density at radius 1 is 1.24 bits per heavy atom. The predicted octanol–water partition coefficient (Wildman–Crippen LogP) is 2.42. The number of benzene rings is 1. The smallest absolute Gasteiger partial charge is 0.231 e. The maximum Gasteiger partial charge on any atom is 0.231 e. The SMILES string of the molecule is CNCc1cc2c(cc1OCc1cccc(C)n1)OCO2. The molecule has 0 unspecified atom stereocenters. The lowest BCUT2D eigenvalue weighted by atomic mass is 10.1. The van der Waals surface area contributed by atoms with Crippen LogP contribution in [-0.4, -0.2) is 18.8 Å². The molecule has 0 radical (unpaired) electrons. The van der Waals surface area contributed by atoms with E-state index in [-0.39, 0.29) is 6.79 Å². The summed E-state index contributed by atoms with van der Waals surface area (Å²) in [7, 11) is 1.90. The van der Waals surface area contributed by atoms with Crippen LogP contribution in [0.1, 0.15) is 17.0 Å². The van der Waals surface area contributed by atoms with Gasteiger partial charge in [-0.25, -0.2) is 0 Å².